The van der Waals surface area contributed by atoms with Crippen LogP contribution in [-0.2, 0) is 10.2 Å². The first-order chi connectivity index (χ1) is 6.90. The standard InChI is InChI=1S/C10H14O.C2H4O2/c1-10(2,8-11)9-6-4-3-5-7-9;1-2(3)4/h3-7,11H,8H2,1-2H3;1H3,(H,3,4). The molecule has 0 aromatic heterocycles. The lowest BCUT2D eigenvalue weighted by molar-refractivity contribution is -0.134. The van der Waals surface area contributed by atoms with Crippen LogP contribution in [0.5, 0.6) is 0 Å². The molecule has 84 valence electrons. The van der Waals surface area contributed by atoms with Crippen LogP contribution in [0, 0.1) is 0 Å². The second kappa shape index (κ2) is 6.19. The van der Waals surface area contributed by atoms with Gasteiger partial charge in [0.05, 0.1) is 6.61 Å². The van der Waals surface area contributed by atoms with Gasteiger partial charge in [-0.25, -0.2) is 0 Å². The summed E-state index contributed by atoms with van der Waals surface area (Å²) in [5.74, 6) is -0.833. The van der Waals surface area contributed by atoms with Gasteiger partial charge < -0.3 is 10.2 Å². The maximum absolute atomic E-state index is 9.05. The number of hydrogen-bond donors (Lipinski definition) is 2. The summed E-state index contributed by atoms with van der Waals surface area (Å²) in [5, 5.41) is 16.5. The van der Waals surface area contributed by atoms with Crippen LogP contribution < -0.4 is 0 Å². The van der Waals surface area contributed by atoms with E-state index in [0.29, 0.717) is 0 Å². The van der Waals surface area contributed by atoms with Crippen LogP contribution in [0.1, 0.15) is 26.3 Å². The van der Waals surface area contributed by atoms with Gasteiger partial charge in [-0.3, -0.25) is 4.79 Å². The van der Waals surface area contributed by atoms with Gasteiger partial charge in [0.2, 0.25) is 0 Å². The topological polar surface area (TPSA) is 57.5 Å². The zero-order valence-corrected chi connectivity index (χ0v) is 9.40. The Morgan fingerprint density at radius 2 is 1.67 bits per heavy atom. The Morgan fingerprint density at radius 1 is 1.27 bits per heavy atom. The normalized spacial score (nSPS) is 10.1. The third-order valence-corrected chi connectivity index (χ3v) is 1.95. The molecule has 3 heteroatoms. The number of benzene rings is 1. The summed E-state index contributed by atoms with van der Waals surface area (Å²) in [4.78, 5) is 9.00. The Hall–Kier alpha value is -1.35. The van der Waals surface area contributed by atoms with E-state index in [-0.39, 0.29) is 12.0 Å². The molecule has 1 aromatic rings. The van der Waals surface area contributed by atoms with E-state index in [1.807, 2.05) is 44.2 Å². The highest BCUT2D eigenvalue weighted by Gasteiger charge is 2.17. The van der Waals surface area contributed by atoms with Crippen LogP contribution in [0.25, 0.3) is 0 Å². The van der Waals surface area contributed by atoms with E-state index in [4.69, 9.17) is 15.0 Å². The lowest BCUT2D eigenvalue weighted by Crippen LogP contribution is -2.21. The molecule has 15 heavy (non-hydrogen) atoms. The van der Waals surface area contributed by atoms with Gasteiger partial charge in [-0.15, -0.1) is 0 Å². The summed E-state index contributed by atoms with van der Waals surface area (Å²) in [5.41, 5.74) is 1.07. The fraction of sp³-hybridized carbons (Fsp3) is 0.417. The molecule has 0 bridgehead atoms. The van der Waals surface area contributed by atoms with Crippen molar-refractivity contribution in [1.29, 1.82) is 0 Å². The minimum Gasteiger partial charge on any atom is -0.481 e. The summed E-state index contributed by atoms with van der Waals surface area (Å²) in [6.07, 6.45) is 0. The molecule has 1 rings (SSSR count). The monoisotopic (exact) mass is 210 g/mol. The van der Waals surface area contributed by atoms with E-state index in [9.17, 15) is 0 Å². The number of carboxylic acids is 1. The average molecular weight is 210 g/mol. The van der Waals surface area contributed by atoms with Gasteiger partial charge in [0.1, 0.15) is 0 Å². The lowest BCUT2D eigenvalue weighted by atomic mass is 9.86. The number of aliphatic hydroxyl groups excluding tert-OH is 1. The molecule has 0 aliphatic heterocycles. The fourth-order valence-electron chi connectivity index (χ4n) is 0.981. The highest BCUT2D eigenvalue weighted by atomic mass is 16.4. The van der Waals surface area contributed by atoms with Crippen molar-refractivity contribution in [3.8, 4) is 0 Å². The third kappa shape index (κ3) is 5.86. The van der Waals surface area contributed by atoms with Crippen LogP contribution in [0.3, 0.4) is 0 Å². The van der Waals surface area contributed by atoms with Crippen molar-refractivity contribution in [2.24, 2.45) is 0 Å². The molecule has 0 atom stereocenters. The summed E-state index contributed by atoms with van der Waals surface area (Å²) >= 11 is 0. The van der Waals surface area contributed by atoms with Crippen LogP contribution in [-0.4, -0.2) is 22.8 Å². The number of carboxylic acid groups (broad SMARTS) is 1. The zero-order valence-electron chi connectivity index (χ0n) is 9.40. The Kier molecular flexibility index (Phi) is 5.64. The zero-order chi connectivity index (χ0) is 11.9. The molecule has 0 radical (unpaired) electrons. The summed E-state index contributed by atoms with van der Waals surface area (Å²) in [6.45, 7) is 5.33. The van der Waals surface area contributed by atoms with Crippen molar-refractivity contribution in [3.05, 3.63) is 35.9 Å². The highest BCUT2D eigenvalue weighted by Crippen LogP contribution is 2.21. The molecule has 1 aromatic carbocycles. The van der Waals surface area contributed by atoms with Gasteiger partial charge in [0.15, 0.2) is 0 Å². The highest BCUT2D eigenvalue weighted by molar-refractivity contribution is 5.62. The van der Waals surface area contributed by atoms with Crippen LogP contribution in [0.15, 0.2) is 30.3 Å². The molecule has 0 heterocycles. The number of hydrogen-bond acceptors (Lipinski definition) is 2. The third-order valence-electron chi connectivity index (χ3n) is 1.95. The molecule has 0 aliphatic rings. The van der Waals surface area contributed by atoms with Gasteiger partial charge in [-0.05, 0) is 5.56 Å². The Labute approximate surface area is 90.4 Å². The maximum Gasteiger partial charge on any atom is 0.300 e. The predicted molar refractivity (Wildman–Crippen MR) is 59.9 cm³/mol. The van der Waals surface area contributed by atoms with Gasteiger partial charge in [0.25, 0.3) is 5.97 Å². The quantitative estimate of drug-likeness (QED) is 0.785. The first kappa shape index (κ1) is 13.7. The van der Waals surface area contributed by atoms with Crippen LogP contribution in [0.4, 0.5) is 0 Å². The first-order valence-corrected chi connectivity index (χ1v) is 4.76. The van der Waals surface area contributed by atoms with Crippen LogP contribution in [0.2, 0.25) is 0 Å². The molecule has 0 saturated carbocycles. The van der Waals surface area contributed by atoms with Gasteiger partial charge >= 0.3 is 0 Å². The molecule has 0 unspecified atom stereocenters. The van der Waals surface area contributed by atoms with Gasteiger partial charge in [0, 0.05) is 12.3 Å². The second-order valence-electron chi connectivity index (χ2n) is 3.93. The van der Waals surface area contributed by atoms with Crippen molar-refractivity contribution in [2.45, 2.75) is 26.2 Å². The molecule has 0 saturated heterocycles. The second-order valence-corrected chi connectivity index (χ2v) is 3.93. The molecule has 0 spiro atoms. The van der Waals surface area contributed by atoms with E-state index in [2.05, 4.69) is 0 Å². The molecule has 0 amide bonds. The summed E-state index contributed by atoms with van der Waals surface area (Å²) < 4.78 is 0. The molecule has 0 fully saturated rings. The average Bonchev–Trinajstić information content (AvgIpc) is 2.18. The summed E-state index contributed by atoms with van der Waals surface area (Å²) in [7, 11) is 0. The maximum atomic E-state index is 9.05. The Balaban J connectivity index is 0.000000423. The molecule has 2 N–H and O–H groups in total. The van der Waals surface area contributed by atoms with Crippen molar-refractivity contribution in [3.63, 3.8) is 0 Å². The fourth-order valence-corrected chi connectivity index (χ4v) is 0.981. The minimum absolute atomic E-state index is 0.110. The van der Waals surface area contributed by atoms with Crippen molar-refractivity contribution < 1.29 is 15.0 Å². The number of rotatable bonds is 2. The smallest absolute Gasteiger partial charge is 0.300 e. The van der Waals surface area contributed by atoms with Crippen molar-refractivity contribution >= 4 is 5.97 Å². The van der Waals surface area contributed by atoms with E-state index < -0.39 is 5.97 Å². The molecule has 3 nitrogen and oxygen atoms in total. The van der Waals surface area contributed by atoms with Crippen LogP contribution >= 0.6 is 0 Å². The summed E-state index contributed by atoms with van der Waals surface area (Å²) in [6, 6.07) is 10.0. The molecular formula is C12H18O3. The van der Waals surface area contributed by atoms with Crippen molar-refractivity contribution in [1.82, 2.24) is 0 Å². The van der Waals surface area contributed by atoms with E-state index >= 15 is 0 Å². The molecular weight excluding hydrogens is 192 g/mol. The van der Waals surface area contributed by atoms with E-state index in [1.54, 1.807) is 0 Å². The lowest BCUT2D eigenvalue weighted by Gasteiger charge is -2.21. The molecule has 0 aliphatic carbocycles. The van der Waals surface area contributed by atoms with Crippen molar-refractivity contribution in [2.75, 3.05) is 6.61 Å². The largest absolute Gasteiger partial charge is 0.481 e. The SMILES string of the molecule is CC(=O)O.CC(C)(CO)c1ccccc1. The Bertz CT molecular complexity index is 287. The van der Waals surface area contributed by atoms with Gasteiger partial charge in [-0.2, -0.15) is 0 Å². The Morgan fingerprint density at radius 3 is 2.00 bits per heavy atom. The van der Waals surface area contributed by atoms with Gasteiger partial charge in [-0.1, -0.05) is 44.2 Å². The predicted octanol–water partition coefficient (Wildman–Crippen LogP) is 2.05. The van der Waals surface area contributed by atoms with E-state index in [0.717, 1.165) is 6.92 Å². The first-order valence-electron chi connectivity index (χ1n) is 4.76. The number of carbonyl (C=O) groups is 1. The number of aliphatic carboxylic acids is 1. The number of aliphatic hydroxyl groups is 1. The minimum atomic E-state index is -0.833. The van der Waals surface area contributed by atoms with E-state index in [1.165, 1.54) is 5.56 Å².